The predicted octanol–water partition coefficient (Wildman–Crippen LogP) is 4.07. The number of aryl methyl sites for hydroxylation is 1. The van der Waals surface area contributed by atoms with Crippen LogP contribution in [-0.4, -0.2) is 19.2 Å². The Morgan fingerprint density at radius 1 is 1.18 bits per heavy atom. The number of methoxy groups -OCH3 is 1. The maximum absolute atomic E-state index is 12.0. The van der Waals surface area contributed by atoms with Gasteiger partial charge in [-0.1, -0.05) is 29.3 Å². The first-order valence-electron chi connectivity index (χ1n) is 6.44. The number of carbonyl (C=O) groups is 1. The van der Waals surface area contributed by atoms with E-state index in [1.54, 1.807) is 37.4 Å². The molecular formula is C16H14Cl2N2O2. The van der Waals surface area contributed by atoms with Crippen LogP contribution < -0.4 is 10.2 Å². The smallest absolute Gasteiger partial charge is 0.272 e. The van der Waals surface area contributed by atoms with Gasteiger partial charge in [0, 0.05) is 0 Å². The summed E-state index contributed by atoms with van der Waals surface area (Å²) in [6.07, 6.45) is 1.49. The van der Waals surface area contributed by atoms with Gasteiger partial charge in [0.15, 0.2) is 0 Å². The van der Waals surface area contributed by atoms with E-state index in [9.17, 15) is 4.79 Å². The van der Waals surface area contributed by atoms with Gasteiger partial charge < -0.3 is 4.74 Å². The van der Waals surface area contributed by atoms with E-state index in [4.69, 9.17) is 27.9 Å². The summed E-state index contributed by atoms with van der Waals surface area (Å²) in [7, 11) is 1.54. The van der Waals surface area contributed by atoms with Crippen LogP contribution in [0.4, 0.5) is 0 Å². The van der Waals surface area contributed by atoms with Gasteiger partial charge in [0.05, 0.1) is 28.9 Å². The number of ether oxygens (including phenoxy) is 1. The zero-order valence-corrected chi connectivity index (χ0v) is 13.6. The van der Waals surface area contributed by atoms with Gasteiger partial charge in [0.2, 0.25) is 0 Å². The van der Waals surface area contributed by atoms with Gasteiger partial charge in [0.1, 0.15) is 5.75 Å². The van der Waals surface area contributed by atoms with E-state index in [-0.39, 0.29) is 5.91 Å². The highest BCUT2D eigenvalue weighted by atomic mass is 35.5. The number of amides is 1. The predicted molar refractivity (Wildman–Crippen MR) is 89.3 cm³/mol. The summed E-state index contributed by atoms with van der Waals surface area (Å²) in [5.74, 6) is 0.204. The molecule has 1 N–H and O–H groups in total. The van der Waals surface area contributed by atoms with E-state index in [1.807, 2.05) is 13.0 Å². The highest BCUT2D eigenvalue weighted by molar-refractivity contribution is 6.34. The lowest BCUT2D eigenvalue weighted by molar-refractivity contribution is 0.0955. The van der Waals surface area contributed by atoms with E-state index in [0.29, 0.717) is 21.4 Å². The molecule has 0 atom stereocenters. The molecule has 0 bridgehead atoms. The average Bonchev–Trinajstić information content (AvgIpc) is 2.47. The summed E-state index contributed by atoms with van der Waals surface area (Å²) in [6, 6.07) is 10.4. The number of rotatable bonds is 4. The summed E-state index contributed by atoms with van der Waals surface area (Å²) in [5.41, 5.74) is 4.52. The van der Waals surface area contributed by atoms with Crippen molar-refractivity contribution in [3.05, 3.63) is 63.1 Å². The van der Waals surface area contributed by atoms with Crippen LogP contribution >= 0.6 is 23.2 Å². The molecule has 22 heavy (non-hydrogen) atoms. The van der Waals surface area contributed by atoms with Gasteiger partial charge in [0.25, 0.3) is 5.91 Å². The van der Waals surface area contributed by atoms with Crippen molar-refractivity contribution in [2.24, 2.45) is 5.10 Å². The van der Waals surface area contributed by atoms with Crippen molar-refractivity contribution in [2.75, 3.05) is 7.11 Å². The maximum atomic E-state index is 12.0. The first kappa shape index (κ1) is 16.3. The van der Waals surface area contributed by atoms with Crippen molar-refractivity contribution < 1.29 is 9.53 Å². The number of hydrazone groups is 1. The van der Waals surface area contributed by atoms with Gasteiger partial charge in [-0.3, -0.25) is 4.79 Å². The average molecular weight is 337 g/mol. The number of hydrogen-bond donors (Lipinski definition) is 1. The minimum absolute atomic E-state index is 0.372. The van der Waals surface area contributed by atoms with Gasteiger partial charge in [-0.25, -0.2) is 5.43 Å². The molecule has 6 heteroatoms. The Morgan fingerprint density at radius 3 is 2.59 bits per heavy atom. The van der Waals surface area contributed by atoms with Crippen molar-refractivity contribution in [2.45, 2.75) is 6.92 Å². The standard InChI is InChI=1S/C16H14Cl2N2O2/c1-10-3-5-12(13(17)7-10)16(21)20-19-9-11-4-6-15(22-2)14(18)8-11/h3-9H,1-2H3,(H,20,21)/b19-9-. The van der Waals surface area contributed by atoms with Crippen LogP contribution in [0.1, 0.15) is 21.5 Å². The summed E-state index contributed by atoms with van der Waals surface area (Å²) < 4.78 is 5.06. The normalized spacial score (nSPS) is 10.7. The molecule has 0 radical (unpaired) electrons. The number of benzene rings is 2. The van der Waals surface area contributed by atoms with Crippen LogP contribution in [0.15, 0.2) is 41.5 Å². The molecule has 0 saturated carbocycles. The molecule has 4 nitrogen and oxygen atoms in total. The van der Waals surface area contributed by atoms with Gasteiger partial charge in [-0.15, -0.1) is 0 Å². The topological polar surface area (TPSA) is 50.7 Å². The van der Waals surface area contributed by atoms with Crippen molar-refractivity contribution in [1.82, 2.24) is 5.43 Å². The van der Waals surface area contributed by atoms with Crippen LogP contribution in [0.25, 0.3) is 0 Å². The number of nitrogens with one attached hydrogen (secondary N) is 1. The SMILES string of the molecule is COc1ccc(/C=N\NC(=O)c2ccc(C)cc2Cl)cc1Cl. The number of halogens is 2. The molecule has 0 saturated heterocycles. The molecule has 0 aliphatic heterocycles. The van der Waals surface area contributed by atoms with E-state index in [1.165, 1.54) is 6.21 Å². The molecule has 0 aromatic heterocycles. The zero-order valence-electron chi connectivity index (χ0n) is 12.1. The third kappa shape index (κ3) is 4.00. The van der Waals surface area contributed by atoms with Crippen LogP contribution in [0.5, 0.6) is 5.75 Å². The monoisotopic (exact) mass is 336 g/mol. The first-order chi connectivity index (χ1) is 10.5. The second kappa shape index (κ2) is 7.29. The number of carbonyl (C=O) groups excluding carboxylic acids is 1. The number of hydrogen-bond acceptors (Lipinski definition) is 3. The van der Waals surface area contributed by atoms with Crippen LogP contribution in [0.2, 0.25) is 10.0 Å². The van der Waals surface area contributed by atoms with Crippen molar-refractivity contribution >= 4 is 35.3 Å². The fourth-order valence-corrected chi connectivity index (χ4v) is 2.38. The molecule has 114 valence electrons. The fourth-order valence-electron chi connectivity index (χ4n) is 1.79. The molecule has 0 spiro atoms. The maximum Gasteiger partial charge on any atom is 0.272 e. The van der Waals surface area contributed by atoms with Crippen molar-refractivity contribution in [3.8, 4) is 5.75 Å². The third-order valence-corrected chi connectivity index (χ3v) is 3.53. The summed E-state index contributed by atoms with van der Waals surface area (Å²) >= 11 is 12.0. The lowest BCUT2D eigenvalue weighted by Gasteiger charge is -2.04. The van der Waals surface area contributed by atoms with E-state index in [0.717, 1.165) is 11.1 Å². The second-order valence-electron chi connectivity index (χ2n) is 4.58. The molecule has 0 unspecified atom stereocenters. The Labute approximate surface area is 138 Å². The van der Waals surface area contributed by atoms with Crippen molar-refractivity contribution in [1.29, 1.82) is 0 Å². The Morgan fingerprint density at radius 2 is 1.95 bits per heavy atom. The molecule has 2 aromatic carbocycles. The largest absolute Gasteiger partial charge is 0.495 e. The Balaban J connectivity index is 2.05. The molecule has 1 amide bonds. The quantitative estimate of drug-likeness (QED) is 0.675. The van der Waals surface area contributed by atoms with Gasteiger partial charge >= 0.3 is 0 Å². The summed E-state index contributed by atoms with van der Waals surface area (Å²) in [5, 5.41) is 4.76. The Hall–Kier alpha value is -2.04. The third-order valence-electron chi connectivity index (χ3n) is 2.92. The van der Waals surface area contributed by atoms with E-state index < -0.39 is 0 Å². The number of nitrogens with zero attached hydrogens (tertiary/aromatic N) is 1. The fraction of sp³-hybridized carbons (Fsp3) is 0.125. The Bertz CT molecular complexity index is 730. The molecular weight excluding hydrogens is 323 g/mol. The highest BCUT2D eigenvalue weighted by Crippen LogP contribution is 2.24. The van der Waals surface area contributed by atoms with Gasteiger partial charge in [-0.2, -0.15) is 5.10 Å². The van der Waals surface area contributed by atoms with Crippen LogP contribution in [-0.2, 0) is 0 Å². The lowest BCUT2D eigenvalue weighted by atomic mass is 10.1. The molecule has 2 rings (SSSR count). The molecule has 0 fully saturated rings. The van der Waals surface area contributed by atoms with E-state index in [2.05, 4.69) is 10.5 Å². The first-order valence-corrected chi connectivity index (χ1v) is 7.20. The molecule has 0 heterocycles. The Kier molecular flexibility index (Phi) is 5.41. The molecule has 0 aliphatic carbocycles. The second-order valence-corrected chi connectivity index (χ2v) is 5.39. The minimum atomic E-state index is -0.374. The molecule has 0 aliphatic rings. The minimum Gasteiger partial charge on any atom is -0.495 e. The summed E-state index contributed by atoms with van der Waals surface area (Å²) in [4.78, 5) is 12.0. The lowest BCUT2D eigenvalue weighted by Crippen LogP contribution is -2.18. The molecule has 2 aromatic rings. The van der Waals surface area contributed by atoms with Crippen LogP contribution in [0, 0.1) is 6.92 Å². The highest BCUT2D eigenvalue weighted by Gasteiger charge is 2.09. The van der Waals surface area contributed by atoms with Crippen LogP contribution in [0.3, 0.4) is 0 Å². The van der Waals surface area contributed by atoms with Crippen molar-refractivity contribution in [3.63, 3.8) is 0 Å². The van der Waals surface area contributed by atoms with Gasteiger partial charge in [-0.05, 0) is 48.4 Å². The summed E-state index contributed by atoms with van der Waals surface area (Å²) in [6.45, 7) is 1.90. The zero-order chi connectivity index (χ0) is 16.1. The van der Waals surface area contributed by atoms with E-state index >= 15 is 0 Å².